The van der Waals surface area contributed by atoms with Gasteiger partial charge in [-0.1, -0.05) is 18.2 Å². The summed E-state index contributed by atoms with van der Waals surface area (Å²) in [7, 11) is 2.07. The van der Waals surface area contributed by atoms with Gasteiger partial charge in [0.25, 0.3) is 0 Å². The monoisotopic (exact) mass is 206 g/mol. The number of nitrogens with zero attached hydrogens (tertiary/aromatic N) is 2. The maximum absolute atomic E-state index is 9.26. The molecule has 1 aromatic carbocycles. The topological polar surface area (TPSA) is 26.7 Å². The molecule has 1 N–H and O–H groups in total. The summed E-state index contributed by atoms with van der Waals surface area (Å²) in [5, 5.41) is 9.26. The molecule has 82 valence electrons. The number of aliphatic hydroxyl groups excluding tert-OH is 1. The molecule has 0 bridgehead atoms. The van der Waals surface area contributed by atoms with Crippen LogP contribution < -0.4 is 4.90 Å². The highest BCUT2D eigenvalue weighted by Crippen LogP contribution is 2.17. The summed E-state index contributed by atoms with van der Waals surface area (Å²) in [6, 6.07) is 10.7. The third kappa shape index (κ3) is 2.30. The molecule has 1 saturated heterocycles. The lowest BCUT2D eigenvalue weighted by molar-refractivity contribution is 0.135. The van der Waals surface area contributed by atoms with Crippen LogP contribution in [0.4, 0.5) is 5.69 Å². The number of piperazine rings is 1. The highest BCUT2D eigenvalue weighted by Gasteiger charge is 2.23. The van der Waals surface area contributed by atoms with E-state index in [9.17, 15) is 5.11 Å². The maximum Gasteiger partial charge on any atom is 0.0604 e. The molecule has 0 radical (unpaired) electrons. The first-order valence-corrected chi connectivity index (χ1v) is 5.42. The Balaban J connectivity index is 2.06. The predicted molar refractivity (Wildman–Crippen MR) is 62.2 cm³/mol. The zero-order valence-corrected chi connectivity index (χ0v) is 9.13. The van der Waals surface area contributed by atoms with E-state index in [1.165, 1.54) is 5.69 Å². The van der Waals surface area contributed by atoms with Crippen molar-refractivity contribution in [3.05, 3.63) is 30.3 Å². The number of benzene rings is 1. The molecule has 0 spiro atoms. The molecule has 1 fully saturated rings. The smallest absolute Gasteiger partial charge is 0.0604 e. The molecule has 1 heterocycles. The second-order valence-corrected chi connectivity index (χ2v) is 4.10. The zero-order valence-electron chi connectivity index (χ0n) is 9.13. The van der Waals surface area contributed by atoms with Crippen molar-refractivity contribution in [2.24, 2.45) is 0 Å². The summed E-state index contributed by atoms with van der Waals surface area (Å²) in [5.41, 5.74) is 1.25. The van der Waals surface area contributed by atoms with Crippen molar-refractivity contribution in [1.82, 2.24) is 4.90 Å². The molecule has 1 aromatic rings. The van der Waals surface area contributed by atoms with E-state index >= 15 is 0 Å². The van der Waals surface area contributed by atoms with Crippen molar-refractivity contribution in [3.8, 4) is 0 Å². The number of para-hydroxylation sites is 1. The van der Waals surface area contributed by atoms with E-state index < -0.39 is 0 Å². The first-order chi connectivity index (χ1) is 7.31. The number of anilines is 1. The molecular weight excluding hydrogens is 188 g/mol. The van der Waals surface area contributed by atoms with Crippen molar-refractivity contribution < 1.29 is 5.11 Å². The van der Waals surface area contributed by atoms with E-state index in [0.29, 0.717) is 0 Å². The molecule has 0 aromatic heterocycles. The van der Waals surface area contributed by atoms with Gasteiger partial charge >= 0.3 is 0 Å². The molecule has 3 nitrogen and oxygen atoms in total. The van der Waals surface area contributed by atoms with Gasteiger partial charge in [-0.15, -0.1) is 0 Å². The van der Waals surface area contributed by atoms with E-state index in [2.05, 4.69) is 41.1 Å². The summed E-state index contributed by atoms with van der Waals surface area (Å²) in [5.74, 6) is 0. The predicted octanol–water partition coefficient (Wildman–Crippen LogP) is 0.799. The Kier molecular flexibility index (Phi) is 3.23. The van der Waals surface area contributed by atoms with Crippen LogP contribution in [-0.2, 0) is 0 Å². The minimum absolute atomic E-state index is 0.236. The third-order valence-corrected chi connectivity index (χ3v) is 3.11. The molecule has 1 unspecified atom stereocenters. The molecule has 1 aliphatic heterocycles. The number of hydrogen-bond donors (Lipinski definition) is 1. The summed E-state index contributed by atoms with van der Waals surface area (Å²) in [6.45, 7) is 3.20. The van der Waals surface area contributed by atoms with Crippen molar-refractivity contribution in [2.45, 2.75) is 6.04 Å². The van der Waals surface area contributed by atoms with Gasteiger partial charge in [-0.25, -0.2) is 0 Å². The Morgan fingerprint density at radius 3 is 2.67 bits per heavy atom. The SMILES string of the molecule is CN1CCN(c2ccccc2)CC1CO. The third-order valence-electron chi connectivity index (χ3n) is 3.11. The Labute approximate surface area is 90.9 Å². The summed E-state index contributed by atoms with van der Waals surface area (Å²) in [6.07, 6.45) is 0. The van der Waals surface area contributed by atoms with Gasteiger partial charge in [-0.3, -0.25) is 4.90 Å². The summed E-state index contributed by atoms with van der Waals surface area (Å²) in [4.78, 5) is 4.56. The van der Waals surface area contributed by atoms with Crippen LogP contribution in [-0.4, -0.2) is 49.3 Å². The quantitative estimate of drug-likeness (QED) is 0.775. The Morgan fingerprint density at radius 2 is 2.00 bits per heavy atom. The maximum atomic E-state index is 9.26. The second kappa shape index (κ2) is 4.64. The van der Waals surface area contributed by atoms with Gasteiger partial charge in [-0.05, 0) is 19.2 Å². The van der Waals surface area contributed by atoms with Crippen LogP contribution in [0.25, 0.3) is 0 Å². The molecular formula is C12H18N2O. The molecule has 15 heavy (non-hydrogen) atoms. The molecule has 2 rings (SSSR count). The standard InChI is InChI=1S/C12H18N2O/c1-13-7-8-14(9-12(13)10-15)11-5-3-2-4-6-11/h2-6,12,15H,7-10H2,1H3. The zero-order chi connectivity index (χ0) is 10.7. The van der Waals surface area contributed by atoms with Crippen LogP contribution in [0.5, 0.6) is 0 Å². The van der Waals surface area contributed by atoms with Crippen LogP contribution in [0.2, 0.25) is 0 Å². The lowest BCUT2D eigenvalue weighted by atomic mass is 10.1. The minimum atomic E-state index is 0.236. The average molecular weight is 206 g/mol. The minimum Gasteiger partial charge on any atom is -0.395 e. The Bertz CT molecular complexity index is 302. The molecule has 0 amide bonds. The van der Waals surface area contributed by atoms with Gasteiger partial charge in [0.05, 0.1) is 12.6 Å². The van der Waals surface area contributed by atoms with Crippen molar-refractivity contribution in [2.75, 3.05) is 38.2 Å². The van der Waals surface area contributed by atoms with Crippen molar-refractivity contribution >= 4 is 5.69 Å². The van der Waals surface area contributed by atoms with Gasteiger partial charge < -0.3 is 10.0 Å². The van der Waals surface area contributed by atoms with Crippen molar-refractivity contribution in [3.63, 3.8) is 0 Å². The van der Waals surface area contributed by atoms with Gasteiger partial charge in [0.15, 0.2) is 0 Å². The van der Waals surface area contributed by atoms with Crippen molar-refractivity contribution in [1.29, 1.82) is 0 Å². The van der Waals surface area contributed by atoms with Gasteiger partial charge in [0.1, 0.15) is 0 Å². The lowest BCUT2D eigenvalue weighted by Gasteiger charge is -2.39. The van der Waals surface area contributed by atoms with Crippen LogP contribution in [0.1, 0.15) is 0 Å². The molecule has 3 heteroatoms. The van der Waals surface area contributed by atoms with E-state index in [0.717, 1.165) is 19.6 Å². The number of likely N-dealkylation sites (N-methyl/N-ethyl adjacent to an activating group) is 1. The average Bonchev–Trinajstić information content (AvgIpc) is 2.31. The molecule has 1 aliphatic rings. The highest BCUT2D eigenvalue weighted by molar-refractivity contribution is 5.46. The Hall–Kier alpha value is -1.06. The fourth-order valence-corrected chi connectivity index (χ4v) is 2.02. The van der Waals surface area contributed by atoms with Crippen LogP contribution in [0.15, 0.2) is 30.3 Å². The van der Waals surface area contributed by atoms with Crippen LogP contribution >= 0.6 is 0 Å². The number of hydrogen-bond acceptors (Lipinski definition) is 3. The molecule has 0 saturated carbocycles. The fraction of sp³-hybridized carbons (Fsp3) is 0.500. The van der Waals surface area contributed by atoms with Crippen LogP contribution in [0, 0.1) is 0 Å². The Morgan fingerprint density at radius 1 is 1.27 bits per heavy atom. The van der Waals surface area contributed by atoms with Gasteiger partial charge in [0.2, 0.25) is 0 Å². The first kappa shape index (κ1) is 10.5. The van der Waals surface area contributed by atoms with Crippen LogP contribution in [0.3, 0.4) is 0 Å². The lowest BCUT2D eigenvalue weighted by Crippen LogP contribution is -2.53. The van der Waals surface area contributed by atoms with E-state index in [1.54, 1.807) is 0 Å². The molecule has 0 aliphatic carbocycles. The number of rotatable bonds is 2. The fourth-order valence-electron chi connectivity index (χ4n) is 2.02. The number of aliphatic hydroxyl groups is 1. The van der Waals surface area contributed by atoms with E-state index in [1.807, 2.05) is 6.07 Å². The largest absolute Gasteiger partial charge is 0.395 e. The van der Waals surface area contributed by atoms with E-state index in [-0.39, 0.29) is 12.6 Å². The summed E-state index contributed by atoms with van der Waals surface area (Å²) < 4.78 is 0. The first-order valence-electron chi connectivity index (χ1n) is 5.42. The normalized spacial score (nSPS) is 23.1. The van der Waals surface area contributed by atoms with Gasteiger partial charge in [-0.2, -0.15) is 0 Å². The molecule has 1 atom stereocenters. The second-order valence-electron chi connectivity index (χ2n) is 4.10. The van der Waals surface area contributed by atoms with E-state index in [4.69, 9.17) is 0 Å². The highest BCUT2D eigenvalue weighted by atomic mass is 16.3. The van der Waals surface area contributed by atoms with Gasteiger partial charge in [0, 0.05) is 25.3 Å². The summed E-state index contributed by atoms with van der Waals surface area (Å²) >= 11 is 0.